The van der Waals surface area contributed by atoms with E-state index in [1.165, 1.54) is 12.1 Å². The van der Waals surface area contributed by atoms with Gasteiger partial charge < -0.3 is 9.67 Å². The van der Waals surface area contributed by atoms with Crippen LogP contribution in [0.1, 0.15) is 22.9 Å². The number of para-hydroxylation sites is 1. The number of aliphatic carboxylic acids is 1. The molecule has 1 aliphatic rings. The molecule has 0 spiro atoms. The van der Waals surface area contributed by atoms with Crippen LogP contribution >= 0.6 is 0 Å². The zero-order valence-electron chi connectivity index (χ0n) is 13.2. The number of carbonyl (C=O) groups is 1. The van der Waals surface area contributed by atoms with Crippen molar-refractivity contribution >= 4 is 16.9 Å². The van der Waals surface area contributed by atoms with E-state index in [4.69, 9.17) is 0 Å². The Morgan fingerprint density at radius 1 is 1.21 bits per heavy atom. The quantitative estimate of drug-likeness (QED) is 0.762. The van der Waals surface area contributed by atoms with Crippen molar-refractivity contribution in [1.29, 1.82) is 0 Å². The van der Waals surface area contributed by atoms with Crippen LogP contribution in [0.3, 0.4) is 0 Å². The largest absolute Gasteiger partial charge is 0.480 e. The first-order valence-electron chi connectivity index (χ1n) is 7.87. The van der Waals surface area contributed by atoms with E-state index < -0.39 is 12.0 Å². The molecular weight excluding hydrogens is 307 g/mol. The molecule has 0 fully saturated rings. The number of hydrogen-bond acceptors (Lipinski definition) is 2. The molecule has 0 amide bonds. The highest BCUT2D eigenvalue weighted by Crippen LogP contribution is 2.37. The second-order valence-electron chi connectivity index (χ2n) is 6.19. The lowest BCUT2D eigenvalue weighted by Crippen LogP contribution is -2.45. The van der Waals surface area contributed by atoms with Crippen molar-refractivity contribution in [1.82, 2.24) is 9.88 Å². The molecule has 2 heterocycles. The lowest BCUT2D eigenvalue weighted by Gasteiger charge is -2.30. The van der Waals surface area contributed by atoms with Gasteiger partial charge in [0.2, 0.25) is 0 Å². The standard InChI is InChI=1S/C19H17FN2O2/c1-22-16-5-3-2-4-13(16)14-10-15(19(23)24)21-17(18(14)22)11-6-8-12(20)9-7-11/h2-9,15,17,21H,10H2,1H3,(H,23,24). The van der Waals surface area contributed by atoms with Gasteiger partial charge >= 0.3 is 5.97 Å². The van der Waals surface area contributed by atoms with E-state index in [0.717, 1.165) is 27.7 Å². The average Bonchev–Trinajstić information content (AvgIpc) is 2.88. The van der Waals surface area contributed by atoms with Gasteiger partial charge in [-0.1, -0.05) is 30.3 Å². The van der Waals surface area contributed by atoms with E-state index in [-0.39, 0.29) is 11.9 Å². The average molecular weight is 324 g/mol. The van der Waals surface area contributed by atoms with Gasteiger partial charge in [0.25, 0.3) is 0 Å². The fraction of sp³-hybridized carbons (Fsp3) is 0.211. The van der Waals surface area contributed by atoms with Crippen molar-refractivity contribution in [2.24, 2.45) is 7.05 Å². The predicted octanol–water partition coefficient (Wildman–Crippen LogP) is 3.01. The topological polar surface area (TPSA) is 54.3 Å². The van der Waals surface area contributed by atoms with Crippen molar-refractivity contribution in [2.75, 3.05) is 0 Å². The number of carboxylic acid groups (broad SMARTS) is 1. The van der Waals surface area contributed by atoms with Crippen LogP contribution in [0.25, 0.3) is 10.9 Å². The van der Waals surface area contributed by atoms with E-state index >= 15 is 0 Å². The molecule has 0 saturated heterocycles. The minimum absolute atomic E-state index is 0.284. The first kappa shape index (κ1) is 14.9. The molecule has 2 atom stereocenters. The molecule has 1 aromatic heterocycles. The summed E-state index contributed by atoms with van der Waals surface area (Å²) in [6, 6.07) is 13.3. The number of nitrogens with zero attached hydrogens (tertiary/aromatic N) is 1. The number of halogens is 1. The van der Waals surface area contributed by atoms with Crippen molar-refractivity contribution in [3.05, 3.63) is 71.2 Å². The molecule has 0 bridgehead atoms. The predicted molar refractivity (Wildman–Crippen MR) is 89.4 cm³/mol. The Bertz CT molecular complexity index is 930. The van der Waals surface area contributed by atoms with E-state index in [0.29, 0.717) is 6.42 Å². The number of nitrogens with one attached hydrogen (secondary N) is 1. The highest BCUT2D eigenvalue weighted by atomic mass is 19.1. The number of fused-ring (bicyclic) bond motifs is 3. The Morgan fingerprint density at radius 2 is 1.92 bits per heavy atom. The highest BCUT2D eigenvalue weighted by molar-refractivity contribution is 5.87. The third-order valence-corrected chi connectivity index (χ3v) is 4.81. The van der Waals surface area contributed by atoms with Crippen LogP contribution in [0.5, 0.6) is 0 Å². The second-order valence-corrected chi connectivity index (χ2v) is 6.19. The van der Waals surface area contributed by atoms with Crippen LogP contribution < -0.4 is 5.32 Å². The summed E-state index contributed by atoms with van der Waals surface area (Å²) in [7, 11) is 1.99. The third-order valence-electron chi connectivity index (χ3n) is 4.81. The zero-order valence-corrected chi connectivity index (χ0v) is 13.2. The van der Waals surface area contributed by atoms with Gasteiger partial charge in [0.05, 0.1) is 6.04 Å². The molecule has 0 radical (unpaired) electrons. The maximum atomic E-state index is 13.3. The Balaban J connectivity index is 1.95. The summed E-state index contributed by atoms with van der Waals surface area (Å²) in [5, 5.41) is 13.8. The van der Waals surface area contributed by atoms with E-state index in [1.807, 2.05) is 31.3 Å². The summed E-state index contributed by atoms with van der Waals surface area (Å²) in [6.07, 6.45) is 0.434. The summed E-state index contributed by atoms with van der Waals surface area (Å²) in [5.74, 6) is -1.18. The highest BCUT2D eigenvalue weighted by Gasteiger charge is 2.35. The number of aryl methyl sites for hydroxylation is 1. The van der Waals surface area contributed by atoms with Crippen LogP contribution in [0.15, 0.2) is 48.5 Å². The normalized spacial score (nSPS) is 20.1. The summed E-state index contributed by atoms with van der Waals surface area (Å²) >= 11 is 0. The molecule has 4 rings (SSSR count). The minimum atomic E-state index is -0.874. The molecule has 1 aliphatic heterocycles. The molecule has 3 aromatic rings. The lowest BCUT2D eigenvalue weighted by atomic mass is 9.90. The Kier molecular flexibility index (Phi) is 3.39. The number of rotatable bonds is 2. The second kappa shape index (κ2) is 5.46. The van der Waals surface area contributed by atoms with Gasteiger partial charge in [-0.3, -0.25) is 10.1 Å². The fourth-order valence-corrected chi connectivity index (χ4v) is 3.68. The van der Waals surface area contributed by atoms with Crippen LogP contribution in [0.4, 0.5) is 4.39 Å². The van der Waals surface area contributed by atoms with Crippen molar-refractivity contribution < 1.29 is 14.3 Å². The maximum Gasteiger partial charge on any atom is 0.321 e. The molecule has 2 N–H and O–H groups in total. The molecule has 2 aromatic carbocycles. The molecule has 5 heteroatoms. The van der Waals surface area contributed by atoms with Crippen LogP contribution in [0, 0.1) is 5.82 Å². The van der Waals surface area contributed by atoms with Gasteiger partial charge in [-0.25, -0.2) is 4.39 Å². The summed E-state index contributed by atoms with van der Waals surface area (Å²) in [6.45, 7) is 0. The molecule has 122 valence electrons. The zero-order chi connectivity index (χ0) is 16.8. The maximum absolute atomic E-state index is 13.3. The van der Waals surface area contributed by atoms with Gasteiger partial charge in [-0.05, 0) is 29.3 Å². The number of aromatic nitrogens is 1. The molecule has 0 aliphatic carbocycles. The Morgan fingerprint density at radius 3 is 2.62 bits per heavy atom. The summed E-state index contributed by atoms with van der Waals surface area (Å²) < 4.78 is 15.4. The van der Waals surface area contributed by atoms with Crippen molar-refractivity contribution in [2.45, 2.75) is 18.5 Å². The SMILES string of the molecule is Cn1c2c(c3ccccc31)CC(C(=O)O)NC2c1ccc(F)cc1. The third kappa shape index (κ3) is 2.20. The van der Waals surface area contributed by atoms with Gasteiger partial charge in [0.1, 0.15) is 11.9 Å². The van der Waals surface area contributed by atoms with Crippen LogP contribution in [-0.2, 0) is 18.3 Å². The van der Waals surface area contributed by atoms with E-state index in [9.17, 15) is 14.3 Å². The van der Waals surface area contributed by atoms with Crippen LogP contribution in [-0.4, -0.2) is 21.7 Å². The number of hydrogen-bond donors (Lipinski definition) is 2. The number of benzene rings is 2. The Labute approximate surface area is 138 Å². The summed E-state index contributed by atoms with van der Waals surface area (Å²) in [5.41, 5.74) is 4.02. The summed E-state index contributed by atoms with van der Waals surface area (Å²) in [4.78, 5) is 11.6. The smallest absolute Gasteiger partial charge is 0.321 e. The molecule has 24 heavy (non-hydrogen) atoms. The van der Waals surface area contributed by atoms with Crippen molar-refractivity contribution in [3.8, 4) is 0 Å². The van der Waals surface area contributed by atoms with Crippen LogP contribution in [0.2, 0.25) is 0 Å². The van der Waals surface area contributed by atoms with Gasteiger partial charge in [-0.15, -0.1) is 0 Å². The first-order chi connectivity index (χ1) is 11.6. The van der Waals surface area contributed by atoms with E-state index in [1.54, 1.807) is 12.1 Å². The minimum Gasteiger partial charge on any atom is -0.480 e. The monoisotopic (exact) mass is 324 g/mol. The van der Waals surface area contributed by atoms with Gasteiger partial charge in [0, 0.05) is 30.1 Å². The number of carboxylic acids is 1. The van der Waals surface area contributed by atoms with Gasteiger partial charge in [-0.2, -0.15) is 0 Å². The molecule has 0 saturated carbocycles. The van der Waals surface area contributed by atoms with Crippen molar-refractivity contribution in [3.63, 3.8) is 0 Å². The lowest BCUT2D eigenvalue weighted by molar-refractivity contribution is -0.139. The molecule has 2 unspecified atom stereocenters. The van der Waals surface area contributed by atoms with E-state index in [2.05, 4.69) is 9.88 Å². The Hall–Kier alpha value is -2.66. The molecular formula is C19H17FN2O2. The van der Waals surface area contributed by atoms with Gasteiger partial charge in [0.15, 0.2) is 0 Å². The fourth-order valence-electron chi connectivity index (χ4n) is 3.68. The molecule has 4 nitrogen and oxygen atoms in total. The first-order valence-corrected chi connectivity index (χ1v) is 7.87.